The third-order valence-electron chi connectivity index (χ3n) is 5.30. The Kier molecular flexibility index (Phi) is 5.71. The molecule has 7 heteroatoms. The standard InChI is InChI=1S/C21H25FN4O2/c22-17-3-5-19(6-4-17)25-7-9-26(10-8-25)21(27)16-12-18(14-23-13-16)24-15-20-2-1-11-28-20/h3-6,12-14,20,24H,1-2,7-11,15H2. The van der Waals surface area contributed by atoms with E-state index in [0.717, 1.165) is 50.5 Å². The van der Waals surface area contributed by atoms with E-state index in [4.69, 9.17) is 4.74 Å². The van der Waals surface area contributed by atoms with Crippen LogP contribution >= 0.6 is 0 Å². The monoisotopic (exact) mass is 384 g/mol. The molecule has 2 aliphatic heterocycles. The zero-order valence-corrected chi connectivity index (χ0v) is 15.8. The molecule has 0 spiro atoms. The number of amides is 1. The molecule has 1 N–H and O–H groups in total. The summed E-state index contributed by atoms with van der Waals surface area (Å²) in [6, 6.07) is 8.35. The highest BCUT2D eigenvalue weighted by Gasteiger charge is 2.23. The highest BCUT2D eigenvalue weighted by atomic mass is 19.1. The van der Waals surface area contributed by atoms with Crippen molar-refractivity contribution in [1.29, 1.82) is 0 Å². The van der Waals surface area contributed by atoms with Crippen molar-refractivity contribution in [1.82, 2.24) is 9.88 Å². The van der Waals surface area contributed by atoms with Gasteiger partial charge in [-0.3, -0.25) is 9.78 Å². The van der Waals surface area contributed by atoms with Crippen LogP contribution in [0.5, 0.6) is 0 Å². The first-order valence-electron chi connectivity index (χ1n) is 9.79. The molecule has 0 radical (unpaired) electrons. The zero-order valence-electron chi connectivity index (χ0n) is 15.8. The van der Waals surface area contributed by atoms with Crippen LogP contribution in [0.15, 0.2) is 42.7 Å². The lowest BCUT2D eigenvalue weighted by atomic mass is 10.2. The number of hydrogen-bond acceptors (Lipinski definition) is 5. The molecule has 2 aromatic rings. The first-order chi connectivity index (χ1) is 13.7. The molecule has 0 saturated carbocycles. The van der Waals surface area contributed by atoms with E-state index < -0.39 is 0 Å². The first kappa shape index (κ1) is 18.7. The summed E-state index contributed by atoms with van der Waals surface area (Å²) in [5.41, 5.74) is 2.41. The van der Waals surface area contributed by atoms with Gasteiger partial charge in [0.2, 0.25) is 0 Å². The van der Waals surface area contributed by atoms with Crippen molar-refractivity contribution >= 4 is 17.3 Å². The maximum absolute atomic E-state index is 13.1. The first-order valence-corrected chi connectivity index (χ1v) is 9.79. The molecule has 0 bridgehead atoms. The second-order valence-corrected chi connectivity index (χ2v) is 7.23. The van der Waals surface area contributed by atoms with Gasteiger partial charge in [-0.15, -0.1) is 0 Å². The smallest absolute Gasteiger partial charge is 0.255 e. The van der Waals surface area contributed by atoms with Gasteiger partial charge in [0, 0.05) is 57.4 Å². The summed E-state index contributed by atoms with van der Waals surface area (Å²) >= 11 is 0. The van der Waals surface area contributed by atoms with E-state index in [1.807, 2.05) is 11.0 Å². The van der Waals surface area contributed by atoms with Crippen LogP contribution in [0.3, 0.4) is 0 Å². The number of carbonyl (C=O) groups excluding carboxylic acids is 1. The van der Waals surface area contributed by atoms with Gasteiger partial charge in [-0.1, -0.05) is 0 Å². The van der Waals surface area contributed by atoms with Crippen molar-refractivity contribution in [2.45, 2.75) is 18.9 Å². The average Bonchev–Trinajstić information content (AvgIpc) is 3.26. The van der Waals surface area contributed by atoms with Crippen molar-refractivity contribution in [3.8, 4) is 0 Å². The van der Waals surface area contributed by atoms with Crippen molar-refractivity contribution in [2.75, 3.05) is 49.5 Å². The van der Waals surface area contributed by atoms with E-state index in [-0.39, 0.29) is 17.8 Å². The molecule has 1 aromatic heterocycles. The number of hydrogen-bond donors (Lipinski definition) is 1. The van der Waals surface area contributed by atoms with Gasteiger partial charge in [-0.2, -0.15) is 0 Å². The Balaban J connectivity index is 1.33. The summed E-state index contributed by atoms with van der Waals surface area (Å²) in [6.45, 7) is 4.26. The van der Waals surface area contributed by atoms with Gasteiger partial charge in [0.25, 0.3) is 5.91 Å². The Bertz CT molecular complexity index is 800. The maximum Gasteiger partial charge on any atom is 0.255 e. The lowest BCUT2D eigenvalue weighted by Crippen LogP contribution is -2.48. The SMILES string of the molecule is O=C(c1cncc(NCC2CCCO2)c1)N1CCN(c2ccc(F)cc2)CC1. The molecule has 3 heterocycles. The van der Waals surface area contributed by atoms with Crippen LogP contribution < -0.4 is 10.2 Å². The van der Waals surface area contributed by atoms with Crippen LogP contribution in [0.2, 0.25) is 0 Å². The van der Waals surface area contributed by atoms with Crippen LogP contribution in [-0.4, -0.2) is 61.2 Å². The average molecular weight is 384 g/mol. The van der Waals surface area contributed by atoms with Gasteiger partial charge >= 0.3 is 0 Å². The van der Waals surface area contributed by atoms with Crippen LogP contribution in [0.4, 0.5) is 15.8 Å². The van der Waals surface area contributed by atoms with Crippen LogP contribution in [0, 0.1) is 5.82 Å². The summed E-state index contributed by atoms with van der Waals surface area (Å²) in [7, 11) is 0. The number of pyridine rings is 1. The van der Waals surface area contributed by atoms with Crippen molar-refractivity contribution in [3.05, 3.63) is 54.1 Å². The minimum absolute atomic E-state index is 0.00739. The summed E-state index contributed by atoms with van der Waals surface area (Å²) in [6.07, 6.45) is 5.76. The van der Waals surface area contributed by atoms with Gasteiger partial charge in [-0.25, -0.2) is 4.39 Å². The van der Waals surface area contributed by atoms with Crippen LogP contribution in [0.1, 0.15) is 23.2 Å². The summed E-state index contributed by atoms with van der Waals surface area (Å²) < 4.78 is 18.7. The molecule has 2 fully saturated rings. The normalized spacial score (nSPS) is 19.7. The van der Waals surface area contributed by atoms with Gasteiger partial charge in [0.1, 0.15) is 5.82 Å². The minimum Gasteiger partial charge on any atom is -0.381 e. The number of piperazine rings is 1. The number of anilines is 2. The number of aromatic nitrogens is 1. The third-order valence-corrected chi connectivity index (χ3v) is 5.30. The molecule has 2 saturated heterocycles. The second kappa shape index (κ2) is 8.56. The molecule has 6 nitrogen and oxygen atoms in total. The van der Waals surface area contributed by atoms with Crippen LogP contribution in [-0.2, 0) is 4.74 Å². The number of ether oxygens (including phenoxy) is 1. The Morgan fingerprint density at radius 2 is 1.96 bits per heavy atom. The molecule has 0 aliphatic carbocycles. The molecule has 1 amide bonds. The summed E-state index contributed by atoms with van der Waals surface area (Å²) in [5, 5.41) is 3.32. The number of nitrogens with one attached hydrogen (secondary N) is 1. The highest BCUT2D eigenvalue weighted by Crippen LogP contribution is 2.19. The van der Waals surface area contributed by atoms with E-state index in [9.17, 15) is 9.18 Å². The number of rotatable bonds is 5. The maximum atomic E-state index is 13.1. The number of benzene rings is 1. The molecular formula is C21H25FN4O2. The Morgan fingerprint density at radius 3 is 2.68 bits per heavy atom. The predicted octanol–water partition coefficient (Wildman–Crippen LogP) is 2.77. The van der Waals surface area contributed by atoms with Crippen LogP contribution in [0.25, 0.3) is 0 Å². The molecule has 1 aromatic carbocycles. The Morgan fingerprint density at radius 1 is 1.18 bits per heavy atom. The largest absolute Gasteiger partial charge is 0.381 e. The second-order valence-electron chi connectivity index (χ2n) is 7.23. The van der Waals surface area contributed by atoms with E-state index in [1.165, 1.54) is 12.1 Å². The molecule has 1 atom stereocenters. The fourth-order valence-corrected chi connectivity index (χ4v) is 3.69. The molecule has 1 unspecified atom stereocenters. The lowest BCUT2D eigenvalue weighted by molar-refractivity contribution is 0.0746. The molecular weight excluding hydrogens is 359 g/mol. The quantitative estimate of drug-likeness (QED) is 0.859. The van der Waals surface area contributed by atoms with Crippen molar-refractivity contribution < 1.29 is 13.9 Å². The Hall–Kier alpha value is -2.67. The zero-order chi connectivity index (χ0) is 19.3. The fraction of sp³-hybridized carbons (Fsp3) is 0.429. The van der Waals surface area contributed by atoms with E-state index >= 15 is 0 Å². The van der Waals surface area contributed by atoms with E-state index in [0.29, 0.717) is 18.7 Å². The topological polar surface area (TPSA) is 57.7 Å². The number of nitrogens with zero attached hydrogens (tertiary/aromatic N) is 3. The number of carbonyl (C=O) groups is 1. The third kappa shape index (κ3) is 4.42. The molecule has 4 rings (SSSR count). The summed E-state index contributed by atoms with van der Waals surface area (Å²) in [5.74, 6) is -0.245. The molecule has 28 heavy (non-hydrogen) atoms. The molecule has 148 valence electrons. The van der Waals surface area contributed by atoms with Crippen molar-refractivity contribution in [3.63, 3.8) is 0 Å². The van der Waals surface area contributed by atoms with Gasteiger partial charge < -0.3 is 19.9 Å². The predicted molar refractivity (Wildman–Crippen MR) is 106 cm³/mol. The van der Waals surface area contributed by atoms with Gasteiger partial charge in [0.15, 0.2) is 0 Å². The van der Waals surface area contributed by atoms with Crippen molar-refractivity contribution in [2.24, 2.45) is 0 Å². The minimum atomic E-state index is -0.238. The van der Waals surface area contributed by atoms with E-state index in [1.54, 1.807) is 24.5 Å². The highest BCUT2D eigenvalue weighted by molar-refractivity contribution is 5.95. The fourth-order valence-electron chi connectivity index (χ4n) is 3.69. The molecule has 2 aliphatic rings. The van der Waals surface area contributed by atoms with Gasteiger partial charge in [0.05, 0.1) is 17.4 Å². The lowest BCUT2D eigenvalue weighted by Gasteiger charge is -2.36. The Labute approximate surface area is 164 Å². The van der Waals surface area contributed by atoms with Gasteiger partial charge in [-0.05, 0) is 43.2 Å². The number of halogens is 1. The summed E-state index contributed by atoms with van der Waals surface area (Å²) in [4.78, 5) is 21.1. The van der Waals surface area contributed by atoms with E-state index in [2.05, 4.69) is 15.2 Å².